The summed E-state index contributed by atoms with van der Waals surface area (Å²) in [5.74, 6) is 2.10. The third-order valence-corrected chi connectivity index (χ3v) is 3.91. The normalized spacial score (nSPS) is 44.3. The highest BCUT2D eigenvalue weighted by Gasteiger charge is 2.51. The summed E-state index contributed by atoms with van der Waals surface area (Å²) in [6, 6.07) is 0. The molecule has 0 aromatic heterocycles. The van der Waals surface area contributed by atoms with Crippen LogP contribution in [0.3, 0.4) is 0 Å². The van der Waals surface area contributed by atoms with Gasteiger partial charge in [-0.3, -0.25) is 0 Å². The van der Waals surface area contributed by atoms with Crippen LogP contribution in [0.2, 0.25) is 0 Å². The Morgan fingerprint density at radius 2 is 1.62 bits per heavy atom. The van der Waals surface area contributed by atoms with Crippen molar-refractivity contribution in [2.75, 3.05) is 0 Å². The summed E-state index contributed by atoms with van der Waals surface area (Å²) >= 11 is 0. The van der Waals surface area contributed by atoms with Gasteiger partial charge >= 0.3 is 0 Å². The maximum Gasteiger partial charge on any atom is -0.0287 e. The van der Waals surface area contributed by atoms with Gasteiger partial charge < -0.3 is 0 Å². The molecule has 0 aromatic rings. The number of rotatable bonds is 1. The molecule has 0 nitrogen and oxygen atoms in total. The van der Waals surface area contributed by atoms with E-state index in [1.54, 1.807) is 12.8 Å². The van der Waals surface area contributed by atoms with E-state index in [1.165, 1.54) is 19.3 Å². The maximum atomic E-state index is 2.41. The van der Waals surface area contributed by atoms with Crippen molar-refractivity contribution in [3.05, 3.63) is 0 Å². The lowest BCUT2D eigenvalue weighted by atomic mass is 9.47. The van der Waals surface area contributed by atoms with Gasteiger partial charge in [0.25, 0.3) is 0 Å². The minimum Gasteiger partial charge on any atom is -0.0625 e. The van der Waals surface area contributed by atoms with E-state index in [0.717, 1.165) is 17.3 Å². The van der Waals surface area contributed by atoms with Crippen molar-refractivity contribution in [3.63, 3.8) is 0 Å². The lowest BCUT2D eigenvalue weighted by molar-refractivity contribution is -0.0728. The molecule has 0 atom stereocenters. The van der Waals surface area contributed by atoms with Gasteiger partial charge in [-0.15, -0.1) is 0 Å². The summed E-state index contributed by atoms with van der Waals surface area (Å²) in [6.45, 7) is 9.53. The lowest BCUT2D eigenvalue weighted by Gasteiger charge is -2.58. The van der Waals surface area contributed by atoms with E-state index in [1.807, 2.05) is 0 Å². The first-order valence-electron chi connectivity index (χ1n) is 5.89. The summed E-state index contributed by atoms with van der Waals surface area (Å²) in [5, 5.41) is 0. The quantitative estimate of drug-likeness (QED) is 0.566. The second-order valence-electron chi connectivity index (χ2n) is 7.05. The van der Waals surface area contributed by atoms with Crippen LogP contribution in [0.4, 0.5) is 0 Å². The topological polar surface area (TPSA) is 0 Å². The third-order valence-electron chi connectivity index (χ3n) is 3.91. The predicted octanol–water partition coefficient (Wildman–Crippen LogP) is 4.25. The smallest absolute Gasteiger partial charge is 0.0287 e. The Bertz CT molecular complexity index is 183. The van der Waals surface area contributed by atoms with E-state index in [9.17, 15) is 0 Å². The highest BCUT2D eigenvalue weighted by molar-refractivity contribution is 5.02. The van der Waals surface area contributed by atoms with Crippen molar-refractivity contribution >= 4 is 0 Å². The maximum absolute atomic E-state index is 2.41. The Kier molecular flexibility index (Phi) is 2.02. The molecule has 0 aliphatic heterocycles. The molecule has 0 saturated heterocycles. The highest BCUT2D eigenvalue weighted by Crippen LogP contribution is 2.62. The van der Waals surface area contributed by atoms with Crippen molar-refractivity contribution in [1.29, 1.82) is 0 Å². The van der Waals surface area contributed by atoms with Gasteiger partial charge in [0.05, 0.1) is 0 Å². The van der Waals surface area contributed by atoms with Crippen molar-refractivity contribution < 1.29 is 0 Å². The molecule has 2 aliphatic rings. The molecule has 0 amide bonds. The monoisotopic (exact) mass is 180 g/mol. The summed E-state index contributed by atoms with van der Waals surface area (Å²) in [7, 11) is 0. The van der Waals surface area contributed by atoms with Crippen molar-refractivity contribution in [3.8, 4) is 0 Å². The van der Waals surface area contributed by atoms with Gasteiger partial charge in [0.2, 0.25) is 0 Å². The minimum atomic E-state index is 0.557. The van der Waals surface area contributed by atoms with Crippen LogP contribution in [0.25, 0.3) is 0 Å². The fraction of sp³-hybridized carbons (Fsp3) is 1.00. The second-order valence-corrected chi connectivity index (χ2v) is 7.05. The number of hydrogen-bond acceptors (Lipinski definition) is 0. The molecule has 1 spiro atoms. The first-order valence-corrected chi connectivity index (χ1v) is 5.89. The summed E-state index contributed by atoms with van der Waals surface area (Å²) < 4.78 is 0. The molecule has 2 saturated carbocycles. The van der Waals surface area contributed by atoms with Gasteiger partial charge in [-0.2, -0.15) is 0 Å². The van der Waals surface area contributed by atoms with E-state index in [4.69, 9.17) is 0 Å². The minimum absolute atomic E-state index is 0.557. The Morgan fingerprint density at radius 1 is 1.08 bits per heavy atom. The molecule has 0 N–H and O–H groups in total. The van der Waals surface area contributed by atoms with Crippen molar-refractivity contribution in [2.45, 2.75) is 59.8 Å². The molecule has 2 rings (SSSR count). The molecule has 0 radical (unpaired) electrons. The van der Waals surface area contributed by atoms with Gasteiger partial charge in [-0.25, -0.2) is 0 Å². The van der Waals surface area contributed by atoms with Crippen LogP contribution in [0.5, 0.6) is 0 Å². The molecule has 0 heteroatoms. The standard InChI is InChI=1S/C13H24/c1-10-5-13(6-10)8-11(9-13)7-12(2,3)4/h10-11H,5-9H2,1-4H3. The summed E-state index contributed by atoms with van der Waals surface area (Å²) in [6.07, 6.45) is 7.62. The lowest BCUT2D eigenvalue weighted by Crippen LogP contribution is -2.47. The Balaban J connectivity index is 1.73. The zero-order valence-corrected chi connectivity index (χ0v) is 9.69. The third kappa shape index (κ3) is 1.92. The van der Waals surface area contributed by atoms with Crippen LogP contribution < -0.4 is 0 Å². The largest absolute Gasteiger partial charge is 0.0625 e. The SMILES string of the molecule is CC1CC2(C1)CC(CC(C)(C)C)C2. The van der Waals surface area contributed by atoms with Gasteiger partial charge in [0.1, 0.15) is 0 Å². The molecule has 0 heterocycles. The van der Waals surface area contributed by atoms with Crippen LogP contribution in [-0.2, 0) is 0 Å². The first-order chi connectivity index (χ1) is 5.89. The molecule has 2 aliphatic carbocycles. The van der Waals surface area contributed by atoms with E-state index >= 15 is 0 Å². The van der Waals surface area contributed by atoms with Crippen LogP contribution >= 0.6 is 0 Å². The average molecular weight is 180 g/mol. The fourth-order valence-corrected chi connectivity index (χ4v) is 3.93. The molecule has 13 heavy (non-hydrogen) atoms. The zero-order valence-electron chi connectivity index (χ0n) is 9.69. The number of hydrogen-bond donors (Lipinski definition) is 0. The van der Waals surface area contributed by atoms with Crippen molar-refractivity contribution in [2.24, 2.45) is 22.7 Å². The van der Waals surface area contributed by atoms with E-state index < -0.39 is 0 Å². The van der Waals surface area contributed by atoms with E-state index in [2.05, 4.69) is 27.7 Å². The average Bonchev–Trinajstić information content (AvgIpc) is 1.76. The van der Waals surface area contributed by atoms with Crippen LogP contribution in [0.1, 0.15) is 59.8 Å². The molecule has 2 fully saturated rings. The molecular weight excluding hydrogens is 156 g/mol. The van der Waals surface area contributed by atoms with Crippen LogP contribution in [-0.4, -0.2) is 0 Å². The van der Waals surface area contributed by atoms with Crippen LogP contribution in [0.15, 0.2) is 0 Å². The van der Waals surface area contributed by atoms with Gasteiger partial charge in [0, 0.05) is 0 Å². The second kappa shape index (κ2) is 2.74. The summed E-state index contributed by atoms with van der Waals surface area (Å²) in [5.41, 5.74) is 1.41. The van der Waals surface area contributed by atoms with Crippen LogP contribution in [0, 0.1) is 22.7 Å². The fourth-order valence-electron chi connectivity index (χ4n) is 3.93. The molecular formula is C13H24. The predicted molar refractivity (Wildman–Crippen MR) is 57.6 cm³/mol. The van der Waals surface area contributed by atoms with Gasteiger partial charge in [-0.1, -0.05) is 27.7 Å². The Morgan fingerprint density at radius 3 is 2.00 bits per heavy atom. The Hall–Kier alpha value is 0. The Labute approximate surface area is 83.1 Å². The molecule has 76 valence electrons. The van der Waals surface area contributed by atoms with E-state index in [0.29, 0.717) is 5.41 Å². The van der Waals surface area contributed by atoms with E-state index in [-0.39, 0.29) is 0 Å². The molecule has 0 bridgehead atoms. The molecule has 0 unspecified atom stereocenters. The highest BCUT2D eigenvalue weighted by atomic mass is 14.6. The first kappa shape index (κ1) is 9.55. The zero-order chi connectivity index (χ0) is 9.69. The van der Waals surface area contributed by atoms with Gasteiger partial charge in [-0.05, 0) is 54.8 Å². The van der Waals surface area contributed by atoms with Gasteiger partial charge in [0.15, 0.2) is 0 Å². The van der Waals surface area contributed by atoms with Crippen molar-refractivity contribution in [1.82, 2.24) is 0 Å². The molecule has 0 aromatic carbocycles. The summed E-state index contributed by atoms with van der Waals surface area (Å²) in [4.78, 5) is 0.